The molecule has 116 valence electrons. The van der Waals surface area contributed by atoms with Gasteiger partial charge < -0.3 is 5.32 Å². The lowest BCUT2D eigenvalue weighted by atomic mass is 10.1. The lowest BCUT2D eigenvalue weighted by Crippen LogP contribution is -2.18. The lowest BCUT2D eigenvalue weighted by Gasteiger charge is -2.03. The molecule has 1 fully saturated rings. The van der Waals surface area contributed by atoms with E-state index in [4.69, 9.17) is 0 Å². The average molecular weight is 331 g/mol. The van der Waals surface area contributed by atoms with Crippen LogP contribution in [0.4, 0.5) is 10.5 Å². The van der Waals surface area contributed by atoms with Gasteiger partial charge in [0.05, 0.1) is 16.1 Å². The molecule has 1 N–H and O–H groups in total. The van der Waals surface area contributed by atoms with E-state index in [-0.39, 0.29) is 5.24 Å². The van der Waals surface area contributed by atoms with E-state index in [1.165, 1.54) is 0 Å². The molecule has 2 aromatic carbocycles. The molecule has 2 heterocycles. The molecule has 0 atom stereocenters. The fourth-order valence-electron chi connectivity index (χ4n) is 2.53. The lowest BCUT2D eigenvalue weighted by molar-refractivity contribution is 0.265. The van der Waals surface area contributed by atoms with Crippen LogP contribution in [-0.2, 0) is 0 Å². The standard InChI is InChI=1S/C19H13N3OS/c23-19-22-18(21-15-9-2-1-3-10-15)16(24-19)12-14-7-4-6-13-8-5-11-20-17(13)14/h1-12H,(H,21,22,23). The number of nitrogens with one attached hydrogen (secondary N) is 1. The molecule has 1 aliphatic rings. The van der Waals surface area contributed by atoms with Crippen molar-refractivity contribution in [2.24, 2.45) is 4.99 Å². The van der Waals surface area contributed by atoms with Crippen molar-refractivity contribution in [3.8, 4) is 0 Å². The number of carbonyl (C=O) groups is 1. The van der Waals surface area contributed by atoms with Gasteiger partial charge in [0.2, 0.25) is 0 Å². The molecule has 24 heavy (non-hydrogen) atoms. The highest BCUT2D eigenvalue weighted by Gasteiger charge is 2.23. The first kappa shape index (κ1) is 14.7. The number of para-hydroxylation sites is 2. The normalized spacial score (nSPS) is 17.6. The van der Waals surface area contributed by atoms with Crippen molar-refractivity contribution >= 4 is 45.5 Å². The van der Waals surface area contributed by atoms with Gasteiger partial charge in [-0.15, -0.1) is 0 Å². The molecule has 1 saturated heterocycles. The summed E-state index contributed by atoms with van der Waals surface area (Å²) in [4.78, 5) is 21.6. The van der Waals surface area contributed by atoms with Crippen LogP contribution in [0, 0.1) is 0 Å². The Morgan fingerprint density at radius 2 is 1.83 bits per heavy atom. The Bertz CT molecular complexity index is 975. The fraction of sp³-hybridized carbons (Fsp3) is 0. The third-order valence-corrected chi connectivity index (χ3v) is 4.42. The predicted octanol–water partition coefficient (Wildman–Crippen LogP) is 4.76. The van der Waals surface area contributed by atoms with Crippen molar-refractivity contribution in [1.82, 2.24) is 10.3 Å². The molecule has 1 aromatic heterocycles. The minimum Gasteiger partial charge on any atom is -0.300 e. The largest absolute Gasteiger partial charge is 0.300 e. The van der Waals surface area contributed by atoms with E-state index in [1.807, 2.05) is 66.7 Å². The highest BCUT2D eigenvalue weighted by atomic mass is 32.2. The van der Waals surface area contributed by atoms with E-state index < -0.39 is 0 Å². The molecule has 0 radical (unpaired) electrons. The Morgan fingerprint density at radius 3 is 2.71 bits per heavy atom. The average Bonchev–Trinajstić information content (AvgIpc) is 2.95. The zero-order valence-corrected chi connectivity index (χ0v) is 13.5. The van der Waals surface area contributed by atoms with Crippen LogP contribution in [0.25, 0.3) is 17.0 Å². The molecule has 0 unspecified atom stereocenters. The summed E-state index contributed by atoms with van der Waals surface area (Å²) < 4.78 is 0. The number of hydrogen-bond donors (Lipinski definition) is 1. The summed E-state index contributed by atoms with van der Waals surface area (Å²) in [5.41, 5.74) is 2.68. The minimum absolute atomic E-state index is 0.121. The van der Waals surface area contributed by atoms with Gasteiger partial charge in [-0.3, -0.25) is 9.78 Å². The van der Waals surface area contributed by atoms with Crippen molar-refractivity contribution in [2.75, 3.05) is 0 Å². The SMILES string of the molecule is O=C1NC(=Nc2ccccc2)C(=Cc2cccc3cccnc23)S1. The van der Waals surface area contributed by atoms with Crippen LogP contribution < -0.4 is 5.32 Å². The Hall–Kier alpha value is -2.92. The molecular weight excluding hydrogens is 318 g/mol. The second-order valence-corrected chi connectivity index (χ2v) is 6.26. The Balaban J connectivity index is 1.79. The fourth-order valence-corrected chi connectivity index (χ4v) is 3.26. The number of aliphatic imine (C=N–C) groups is 1. The van der Waals surface area contributed by atoms with Gasteiger partial charge >= 0.3 is 0 Å². The van der Waals surface area contributed by atoms with Gasteiger partial charge in [0.25, 0.3) is 5.24 Å². The van der Waals surface area contributed by atoms with Crippen LogP contribution in [0.3, 0.4) is 0 Å². The van der Waals surface area contributed by atoms with E-state index in [0.717, 1.165) is 38.8 Å². The highest BCUT2D eigenvalue weighted by Crippen LogP contribution is 2.30. The van der Waals surface area contributed by atoms with Gasteiger partial charge in [-0.25, -0.2) is 4.99 Å². The number of thioether (sulfide) groups is 1. The van der Waals surface area contributed by atoms with Crippen molar-refractivity contribution in [2.45, 2.75) is 0 Å². The summed E-state index contributed by atoms with van der Waals surface area (Å²) in [5, 5.41) is 3.75. The second-order valence-electron chi connectivity index (χ2n) is 5.24. The molecule has 1 amide bonds. The third-order valence-electron chi connectivity index (χ3n) is 3.60. The van der Waals surface area contributed by atoms with Gasteiger partial charge in [0.15, 0.2) is 0 Å². The quantitative estimate of drug-likeness (QED) is 0.736. The molecule has 4 nitrogen and oxygen atoms in total. The summed E-state index contributed by atoms with van der Waals surface area (Å²) in [7, 11) is 0. The number of carbonyl (C=O) groups excluding carboxylic acids is 1. The van der Waals surface area contributed by atoms with Crippen molar-refractivity contribution in [3.63, 3.8) is 0 Å². The summed E-state index contributed by atoms with van der Waals surface area (Å²) in [6, 6.07) is 19.5. The van der Waals surface area contributed by atoms with Crippen LogP contribution in [0.15, 0.2) is 76.8 Å². The number of pyridine rings is 1. The number of nitrogens with zero attached hydrogens (tertiary/aromatic N) is 2. The molecule has 4 rings (SSSR count). The van der Waals surface area contributed by atoms with Gasteiger partial charge in [0, 0.05) is 17.1 Å². The molecule has 0 saturated carbocycles. The van der Waals surface area contributed by atoms with Crippen LogP contribution in [-0.4, -0.2) is 16.1 Å². The summed E-state index contributed by atoms with van der Waals surface area (Å²) in [6.07, 6.45) is 3.73. The van der Waals surface area contributed by atoms with Crippen LogP contribution in [0.2, 0.25) is 0 Å². The van der Waals surface area contributed by atoms with Gasteiger partial charge in [-0.2, -0.15) is 0 Å². The van der Waals surface area contributed by atoms with E-state index in [2.05, 4.69) is 15.3 Å². The second kappa shape index (κ2) is 6.29. The molecular formula is C19H13N3OS. The number of benzene rings is 2. The number of amides is 1. The number of fused-ring (bicyclic) bond motifs is 1. The summed E-state index contributed by atoms with van der Waals surface area (Å²) in [5.74, 6) is 0.573. The molecule has 0 bridgehead atoms. The van der Waals surface area contributed by atoms with E-state index in [0.29, 0.717) is 5.84 Å². The Morgan fingerprint density at radius 1 is 1.00 bits per heavy atom. The number of hydrogen-bond acceptors (Lipinski definition) is 4. The van der Waals surface area contributed by atoms with Gasteiger partial charge in [-0.05, 0) is 36.0 Å². The first-order valence-electron chi connectivity index (χ1n) is 7.48. The van der Waals surface area contributed by atoms with E-state index in [9.17, 15) is 4.79 Å². The molecule has 5 heteroatoms. The number of aromatic nitrogens is 1. The van der Waals surface area contributed by atoms with Gasteiger partial charge in [-0.1, -0.05) is 42.5 Å². The highest BCUT2D eigenvalue weighted by molar-refractivity contribution is 8.18. The summed E-state index contributed by atoms with van der Waals surface area (Å²) in [6.45, 7) is 0. The summed E-state index contributed by atoms with van der Waals surface area (Å²) >= 11 is 1.15. The minimum atomic E-state index is -0.121. The zero-order chi connectivity index (χ0) is 16.4. The zero-order valence-electron chi connectivity index (χ0n) is 12.6. The van der Waals surface area contributed by atoms with Crippen LogP contribution in [0.1, 0.15) is 5.56 Å². The predicted molar refractivity (Wildman–Crippen MR) is 99.4 cm³/mol. The first-order chi connectivity index (χ1) is 11.8. The maximum Gasteiger partial charge on any atom is 0.289 e. The Kier molecular flexibility index (Phi) is 3.84. The maximum absolute atomic E-state index is 11.8. The molecule has 0 aliphatic carbocycles. The van der Waals surface area contributed by atoms with E-state index in [1.54, 1.807) is 6.20 Å². The Labute approximate surface area is 143 Å². The van der Waals surface area contributed by atoms with Crippen LogP contribution >= 0.6 is 11.8 Å². The van der Waals surface area contributed by atoms with Crippen molar-refractivity contribution < 1.29 is 4.79 Å². The molecule has 3 aromatic rings. The van der Waals surface area contributed by atoms with Crippen molar-refractivity contribution in [3.05, 3.63) is 77.3 Å². The molecule has 0 spiro atoms. The maximum atomic E-state index is 11.8. The van der Waals surface area contributed by atoms with Crippen molar-refractivity contribution in [1.29, 1.82) is 0 Å². The number of amidine groups is 1. The monoisotopic (exact) mass is 331 g/mol. The van der Waals surface area contributed by atoms with E-state index >= 15 is 0 Å². The van der Waals surface area contributed by atoms with Gasteiger partial charge in [0.1, 0.15) is 5.84 Å². The topological polar surface area (TPSA) is 54.4 Å². The molecule has 1 aliphatic heterocycles. The smallest absolute Gasteiger partial charge is 0.289 e. The first-order valence-corrected chi connectivity index (χ1v) is 8.30. The number of rotatable bonds is 2. The van der Waals surface area contributed by atoms with Crippen LogP contribution in [0.5, 0.6) is 0 Å². The third kappa shape index (κ3) is 2.94.